The molecule has 4 heteroatoms. The molecule has 0 aromatic rings. The van der Waals surface area contributed by atoms with Gasteiger partial charge in [0.2, 0.25) is 5.91 Å². The van der Waals surface area contributed by atoms with Crippen LogP contribution in [0.25, 0.3) is 0 Å². The summed E-state index contributed by atoms with van der Waals surface area (Å²) in [6.07, 6.45) is 2.27. The molecule has 0 aromatic carbocycles. The lowest BCUT2D eigenvalue weighted by Crippen LogP contribution is -2.55. The van der Waals surface area contributed by atoms with Crippen molar-refractivity contribution in [3.8, 4) is 0 Å². The molecule has 1 aliphatic rings. The minimum Gasteiger partial charge on any atom is -0.383 e. The summed E-state index contributed by atoms with van der Waals surface area (Å²) in [5.74, 6) is 0.189. The van der Waals surface area contributed by atoms with Crippen LogP contribution in [0.3, 0.4) is 0 Å². The molecular formula is C12H24N2O2. The Morgan fingerprint density at radius 2 is 2.12 bits per heavy atom. The molecule has 0 bridgehead atoms. The van der Waals surface area contributed by atoms with Crippen molar-refractivity contribution in [1.82, 2.24) is 10.2 Å². The van der Waals surface area contributed by atoms with Crippen LogP contribution in [0.5, 0.6) is 0 Å². The maximum atomic E-state index is 12.4. The minimum atomic E-state index is -0.467. The zero-order valence-corrected chi connectivity index (χ0v) is 10.9. The Morgan fingerprint density at radius 3 is 2.56 bits per heavy atom. The number of hydrogen-bond acceptors (Lipinski definition) is 3. The summed E-state index contributed by atoms with van der Waals surface area (Å²) >= 11 is 0. The Kier molecular flexibility index (Phi) is 4.74. The van der Waals surface area contributed by atoms with Gasteiger partial charge in [0.1, 0.15) is 0 Å². The largest absolute Gasteiger partial charge is 0.383 e. The van der Waals surface area contributed by atoms with Crippen molar-refractivity contribution < 1.29 is 9.53 Å². The number of rotatable bonds is 7. The number of ether oxygens (including phenoxy) is 1. The van der Waals surface area contributed by atoms with E-state index in [1.807, 2.05) is 25.7 Å². The lowest BCUT2D eigenvalue weighted by molar-refractivity contribution is -0.138. The Balaban J connectivity index is 2.58. The van der Waals surface area contributed by atoms with Crippen LogP contribution in [0.1, 0.15) is 33.6 Å². The van der Waals surface area contributed by atoms with Crippen LogP contribution in [-0.4, -0.2) is 49.2 Å². The van der Waals surface area contributed by atoms with E-state index in [4.69, 9.17) is 4.74 Å². The minimum absolute atomic E-state index is 0.189. The Bertz CT molecular complexity index is 237. The normalized spacial score (nSPS) is 16.2. The molecular weight excluding hydrogens is 204 g/mol. The molecule has 94 valence electrons. The predicted octanol–water partition coefficient (Wildman–Crippen LogP) is 1.01. The van der Waals surface area contributed by atoms with E-state index in [2.05, 4.69) is 5.32 Å². The molecule has 1 rings (SSSR count). The topological polar surface area (TPSA) is 41.6 Å². The number of amides is 1. The van der Waals surface area contributed by atoms with Crippen molar-refractivity contribution in [2.24, 2.45) is 0 Å². The fourth-order valence-electron chi connectivity index (χ4n) is 1.90. The molecule has 0 unspecified atom stereocenters. The third kappa shape index (κ3) is 3.46. The molecule has 0 heterocycles. The first kappa shape index (κ1) is 13.5. The first-order valence-corrected chi connectivity index (χ1v) is 6.08. The van der Waals surface area contributed by atoms with Gasteiger partial charge in [-0.1, -0.05) is 6.92 Å². The van der Waals surface area contributed by atoms with E-state index in [0.717, 1.165) is 19.4 Å². The molecule has 0 saturated heterocycles. The average Bonchev–Trinajstić information content (AvgIpc) is 3.02. The highest BCUT2D eigenvalue weighted by molar-refractivity contribution is 5.86. The number of likely N-dealkylation sites (N-methyl/N-ethyl adjacent to an activating group) is 1. The van der Waals surface area contributed by atoms with E-state index < -0.39 is 5.54 Å². The maximum Gasteiger partial charge on any atom is 0.242 e. The summed E-state index contributed by atoms with van der Waals surface area (Å²) in [5.41, 5.74) is -0.467. The standard InChI is InChI=1S/C12H24N2O2/c1-5-13-12(2,3)11(15)14(8-9-16-4)10-6-7-10/h10,13H,5-9H2,1-4H3. The highest BCUT2D eigenvalue weighted by Crippen LogP contribution is 2.28. The molecule has 1 saturated carbocycles. The number of carbonyl (C=O) groups is 1. The van der Waals surface area contributed by atoms with E-state index in [1.165, 1.54) is 0 Å². The average molecular weight is 228 g/mol. The van der Waals surface area contributed by atoms with Gasteiger partial charge in [-0.15, -0.1) is 0 Å². The highest BCUT2D eigenvalue weighted by atomic mass is 16.5. The molecule has 0 aliphatic heterocycles. The second-order valence-electron chi connectivity index (χ2n) is 4.88. The third-order valence-corrected chi connectivity index (χ3v) is 2.94. The fourth-order valence-corrected chi connectivity index (χ4v) is 1.90. The van der Waals surface area contributed by atoms with Gasteiger partial charge >= 0.3 is 0 Å². The SMILES string of the molecule is CCNC(C)(C)C(=O)N(CCOC)C1CC1. The molecule has 4 nitrogen and oxygen atoms in total. The van der Waals surface area contributed by atoms with Gasteiger partial charge < -0.3 is 15.0 Å². The van der Waals surface area contributed by atoms with Crippen molar-refractivity contribution in [3.05, 3.63) is 0 Å². The maximum absolute atomic E-state index is 12.4. The van der Waals surface area contributed by atoms with Gasteiger partial charge in [0.05, 0.1) is 12.1 Å². The number of methoxy groups -OCH3 is 1. The van der Waals surface area contributed by atoms with Gasteiger partial charge in [-0.3, -0.25) is 4.79 Å². The van der Waals surface area contributed by atoms with Crippen molar-refractivity contribution in [1.29, 1.82) is 0 Å². The predicted molar refractivity (Wildman–Crippen MR) is 64.4 cm³/mol. The molecule has 1 aliphatic carbocycles. The van der Waals surface area contributed by atoms with Gasteiger partial charge in [0.25, 0.3) is 0 Å². The van der Waals surface area contributed by atoms with Crippen LogP contribution in [0.2, 0.25) is 0 Å². The first-order valence-electron chi connectivity index (χ1n) is 6.08. The van der Waals surface area contributed by atoms with Gasteiger partial charge in [-0.25, -0.2) is 0 Å². The van der Waals surface area contributed by atoms with Gasteiger partial charge in [-0.05, 0) is 33.2 Å². The van der Waals surface area contributed by atoms with Gasteiger partial charge in [0.15, 0.2) is 0 Å². The molecule has 1 fully saturated rings. The van der Waals surface area contributed by atoms with E-state index in [-0.39, 0.29) is 5.91 Å². The molecule has 1 N–H and O–H groups in total. The lowest BCUT2D eigenvalue weighted by atomic mass is 10.0. The molecule has 0 spiro atoms. The smallest absolute Gasteiger partial charge is 0.242 e. The van der Waals surface area contributed by atoms with E-state index in [1.54, 1.807) is 7.11 Å². The molecule has 0 atom stereocenters. The fraction of sp³-hybridized carbons (Fsp3) is 0.917. The van der Waals surface area contributed by atoms with Crippen molar-refractivity contribution >= 4 is 5.91 Å². The molecule has 1 amide bonds. The second kappa shape index (κ2) is 5.64. The van der Waals surface area contributed by atoms with Crippen molar-refractivity contribution in [3.63, 3.8) is 0 Å². The van der Waals surface area contributed by atoms with Crippen LogP contribution in [0, 0.1) is 0 Å². The van der Waals surface area contributed by atoms with Gasteiger partial charge in [-0.2, -0.15) is 0 Å². The zero-order chi connectivity index (χ0) is 12.2. The van der Waals surface area contributed by atoms with Crippen LogP contribution >= 0.6 is 0 Å². The zero-order valence-electron chi connectivity index (χ0n) is 10.9. The van der Waals surface area contributed by atoms with E-state index in [9.17, 15) is 4.79 Å². The van der Waals surface area contributed by atoms with Gasteiger partial charge in [0, 0.05) is 19.7 Å². The van der Waals surface area contributed by atoms with E-state index in [0.29, 0.717) is 19.2 Å². The Labute approximate surface area is 98.3 Å². The summed E-state index contributed by atoms with van der Waals surface area (Å²) < 4.78 is 5.06. The van der Waals surface area contributed by atoms with Crippen LogP contribution in [0.4, 0.5) is 0 Å². The molecule has 0 radical (unpaired) electrons. The van der Waals surface area contributed by atoms with E-state index >= 15 is 0 Å². The quantitative estimate of drug-likeness (QED) is 0.707. The summed E-state index contributed by atoms with van der Waals surface area (Å²) in [6.45, 7) is 8.04. The third-order valence-electron chi connectivity index (χ3n) is 2.94. The second-order valence-corrected chi connectivity index (χ2v) is 4.88. The molecule has 0 aromatic heterocycles. The van der Waals surface area contributed by atoms with Crippen molar-refractivity contribution in [2.45, 2.75) is 45.2 Å². The monoisotopic (exact) mass is 228 g/mol. The Morgan fingerprint density at radius 1 is 1.50 bits per heavy atom. The molecule has 16 heavy (non-hydrogen) atoms. The summed E-state index contributed by atoms with van der Waals surface area (Å²) in [4.78, 5) is 14.3. The van der Waals surface area contributed by atoms with Crippen LogP contribution in [-0.2, 0) is 9.53 Å². The van der Waals surface area contributed by atoms with Crippen molar-refractivity contribution in [2.75, 3.05) is 26.8 Å². The van der Waals surface area contributed by atoms with Crippen LogP contribution < -0.4 is 5.32 Å². The number of carbonyl (C=O) groups excluding carboxylic acids is 1. The van der Waals surface area contributed by atoms with Crippen LogP contribution in [0.15, 0.2) is 0 Å². The highest BCUT2D eigenvalue weighted by Gasteiger charge is 2.38. The number of nitrogens with zero attached hydrogens (tertiary/aromatic N) is 1. The Hall–Kier alpha value is -0.610. The summed E-state index contributed by atoms with van der Waals surface area (Å²) in [5, 5.41) is 3.23. The summed E-state index contributed by atoms with van der Waals surface area (Å²) in [6, 6.07) is 0.445. The number of nitrogens with one attached hydrogen (secondary N) is 1. The lowest BCUT2D eigenvalue weighted by Gasteiger charge is -2.32. The number of hydrogen-bond donors (Lipinski definition) is 1. The first-order chi connectivity index (χ1) is 7.53. The summed E-state index contributed by atoms with van der Waals surface area (Å²) in [7, 11) is 1.67.